The predicted octanol–water partition coefficient (Wildman–Crippen LogP) is 3.12. The fourth-order valence-corrected chi connectivity index (χ4v) is 1.93. The number of aromatic nitrogens is 2. The summed E-state index contributed by atoms with van der Waals surface area (Å²) >= 11 is 0. The highest BCUT2D eigenvalue weighted by atomic mass is 19.1. The van der Waals surface area contributed by atoms with Gasteiger partial charge in [0.2, 0.25) is 5.88 Å². The van der Waals surface area contributed by atoms with Crippen molar-refractivity contribution in [3.63, 3.8) is 0 Å². The Morgan fingerprint density at radius 3 is 2.53 bits per heavy atom. The van der Waals surface area contributed by atoms with Gasteiger partial charge in [-0.15, -0.1) is 0 Å². The van der Waals surface area contributed by atoms with Gasteiger partial charge < -0.3 is 10.3 Å². The van der Waals surface area contributed by atoms with Crippen LogP contribution in [-0.2, 0) is 0 Å². The number of nitrogens with zero attached hydrogens (tertiary/aromatic N) is 2. The lowest BCUT2D eigenvalue weighted by Gasteiger charge is -2.03. The number of pyridine rings is 1. The van der Waals surface area contributed by atoms with Crippen LogP contribution in [0.15, 0.2) is 53.3 Å². The molecule has 19 heavy (non-hydrogen) atoms. The summed E-state index contributed by atoms with van der Waals surface area (Å²) in [6, 6.07) is 9.90. The average molecular weight is 255 g/mol. The molecule has 1 aromatic carbocycles. The van der Waals surface area contributed by atoms with Crippen LogP contribution in [0.2, 0.25) is 0 Å². The summed E-state index contributed by atoms with van der Waals surface area (Å²) in [5, 5.41) is 3.91. The Balaban J connectivity index is 2.23. The molecule has 0 atom stereocenters. The third-order valence-electron chi connectivity index (χ3n) is 2.82. The molecule has 3 aromatic rings. The van der Waals surface area contributed by atoms with Crippen molar-refractivity contribution < 1.29 is 8.91 Å². The molecule has 2 heterocycles. The van der Waals surface area contributed by atoms with E-state index in [1.54, 1.807) is 42.7 Å². The molecule has 2 aromatic heterocycles. The molecule has 0 unspecified atom stereocenters. The molecule has 94 valence electrons. The number of benzene rings is 1. The third kappa shape index (κ3) is 1.95. The standard InChI is InChI=1S/C14H10FN3O/c15-11-4-2-1-3-10(11)12-13(18-19-14(12)16)9-5-7-17-8-6-9/h1-8H,16H2. The van der Waals surface area contributed by atoms with Gasteiger partial charge in [-0.05, 0) is 18.2 Å². The molecule has 5 heteroatoms. The maximum Gasteiger partial charge on any atom is 0.230 e. The normalized spacial score (nSPS) is 10.6. The van der Waals surface area contributed by atoms with Crippen molar-refractivity contribution in [2.45, 2.75) is 0 Å². The fourth-order valence-electron chi connectivity index (χ4n) is 1.93. The number of nitrogen functional groups attached to an aromatic ring is 1. The molecule has 0 bridgehead atoms. The van der Waals surface area contributed by atoms with Crippen molar-refractivity contribution in [3.05, 3.63) is 54.6 Å². The monoisotopic (exact) mass is 255 g/mol. The van der Waals surface area contributed by atoms with E-state index in [-0.39, 0.29) is 11.7 Å². The molecule has 2 N–H and O–H groups in total. The summed E-state index contributed by atoms with van der Waals surface area (Å²) < 4.78 is 18.9. The van der Waals surface area contributed by atoms with E-state index < -0.39 is 0 Å². The first-order chi connectivity index (χ1) is 9.27. The summed E-state index contributed by atoms with van der Waals surface area (Å²) in [5.74, 6) is -0.274. The van der Waals surface area contributed by atoms with E-state index in [4.69, 9.17) is 10.3 Å². The first kappa shape index (κ1) is 11.4. The highest BCUT2D eigenvalue weighted by Gasteiger charge is 2.19. The number of halogens is 1. The summed E-state index contributed by atoms with van der Waals surface area (Å²) in [6.45, 7) is 0. The van der Waals surface area contributed by atoms with Crippen LogP contribution in [-0.4, -0.2) is 10.1 Å². The Morgan fingerprint density at radius 2 is 1.79 bits per heavy atom. The minimum absolute atomic E-state index is 0.0944. The molecule has 0 spiro atoms. The van der Waals surface area contributed by atoms with Gasteiger partial charge in [0.05, 0.1) is 5.56 Å². The lowest BCUT2D eigenvalue weighted by atomic mass is 10.0. The van der Waals surface area contributed by atoms with Crippen molar-refractivity contribution in [2.75, 3.05) is 5.73 Å². The first-order valence-electron chi connectivity index (χ1n) is 5.68. The number of rotatable bonds is 2. The molecule has 0 aliphatic heterocycles. The van der Waals surface area contributed by atoms with Gasteiger partial charge in [0.1, 0.15) is 11.5 Å². The van der Waals surface area contributed by atoms with E-state index in [9.17, 15) is 4.39 Å². The van der Waals surface area contributed by atoms with Gasteiger partial charge in [0.15, 0.2) is 0 Å². The van der Waals surface area contributed by atoms with Crippen LogP contribution in [0.25, 0.3) is 22.4 Å². The van der Waals surface area contributed by atoms with E-state index in [0.717, 1.165) is 5.56 Å². The van der Waals surface area contributed by atoms with E-state index in [0.29, 0.717) is 16.8 Å². The summed E-state index contributed by atoms with van der Waals surface area (Å²) in [6.07, 6.45) is 3.26. The van der Waals surface area contributed by atoms with Crippen molar-refractivity contribution in [1.29, 1.82) is 0 Å². The smallest absolute Gasteiger partial charge is 0.230 e. The van der Waals surface area contributed by atoms with Crippen LogP contribution in [0.1, 0.15) is 0 Å². The highest BCUT2D eigenvalue weighted by Crippen LogP contribution is 2.36. The molecule has 4 nitrogen and oxygen atoms in total. The zero-order chi connectivity index (χ0) is 13.2. The molecule has 0 aliphatic carbocycles. The lowest BCUT2D eigenvalue weighted by Crippen LogP contribution is -1.90. The fraction of sp³-hybridized carbons (Fsp3) is 0. The second-order valence-corrected chi connectivity index (χ2v) is 3.99. The molecule has 0 saturated carbocycles. The second-order valence-electron chi connectivity index (χ2n) is 3.99. The van der Waals surface area contributed by atoms with Crippen molar-refractivity contribution in [1.82, 2.24) is 10.1 Å². The van der Waals surface area contributed by atoms with E-state index in [1.807, 2.05) is 0 Å². The molecule has 3 rings (SSSR count). The Hall–Kier alpha value is -2.69. The Morgan fingerprint density at radius 1 is 1.05 bits per heavy atom. The Bertz CT molecular complexity index is 710. The molecule has 0 aliphatic rings. The second kappa shape index (κ2) is 4.53. The van der Waals surface area contributed by atoms with E-state index >= 15 is 0 Å². The zero-order valence-electron chi connectivity index (χ0n) is 9.88. The number of hydrogen-bond acceptors (Lipinski definition) is 4. The molecule has 0 radical (unpaired) electrons. The van der Waals surface area contributed by atoms with Crippen molar-refractivity contribution >= 4 is 5.88 Å². The average Bonchev–Trinajstić information content (AvgIpc) is 2.82. The quantitative estimate of drug-likeness (QED) is 0.764. The molecule has 0 fully saturated rings. The maximum atomic E-state index is 13.9. The first-order valence-corrected chi connectivity index (χ1v) is 5.68. The van der Waals surface area contributed by atoms with Gasteiger partial charge in [0, 0.05) is 23.5 Å². The predicted molar refractivity (Wildman–Crippen MR) is 69.5 cm³/mol. The summed E-state index contributed by atoms with van der Waals surface area (Å²) in [7, 11) is 0. The molecular weight excluding hydrogens is 245 g/mol. The number of nitrogens with two attached hydrogens (primary N) is 1. The third-order valence-corrected chi connectivity index (χ3v) is 2.82. The Labute approximate surface area is 108 Å². The van der Waals surface area contributed by atoms with Crippen LogP contribution in [0.5, 0.6) is 0 Å². The van der Waals surface area contributed by atoms with Gasteiger partial charge in [-0.1, -0.05) is 23.4 Å². The minimum Gasteiger partial charge on any atom is -0.367 e. The van der Waals surface area contributed by atoms with E-state index in [2.05, 4.69) is 10.1 Å². The van der Waals surface area contributed by atoms with Gasteiger partial charge in [0.25, 0.3) is 0 Å². The van der Waals surface area contributed by atoms with Crippen LogP contribution >= 0.6 is 0 Å². The lowest BCUT2D eigenvalue weighted by molar-refractivity contribution is 0.439. The van der Waals surface area contributed by atoms with Crippen LogP contribution in [0.3, 0.4) is 0 Å². The molecular formula is C14H10FN3O. The van der Waals surface area contributed by atoms with Crippen LogP contribution < -0.4 is 5.73 Å². The Kier molecular flexibility index (Phi) is 2.72. The van der Waals surface area contributed by atoms with E-state index in [1.165, 1.54) is 6.07 Å². The van der Waals surface area contributed by atoms with Gasteiger partial charge >= 0.3 is 0 Å². The molecule has 0 amide bonds. The van der Waals surface area contributed by atoms with Crippen molar-refractivity contribution in [3.8, 4) is 22.4 Å². The zero-order valence-corrected chi connectivity index (χ0v) is 9.88. The van der Waals surface area contributed by atoms with Crippen LogP contribution in [0, 0.1) is 5.82 Å². The van der Waals surface area contributed by atoms with Crippen molar-refractivity contribution in [2.24, 2.45) is 0 Å². The van der Waals surface area contributed by atoms with Gasteiger partial charge in [-0.2, -0.15) is 0 Å². The topological polar surface area (TPSA) is 64.9 Å². The SMILES string of the molecule is Nc1onc(-c2ccncc2)c1-c1ccccc1F. The maximum absolute atomic E-state index is 13.9. The number of anilines is 1. The van der Waals surface area contributed by atoms with Gasteiger partial charge in [-0.3, -0.25) is 4.98 Å². The van der Waals surface area contributed by atoms with Gasteiger partial charge in [-0.25, -0.2) is 4.39 Å². The summed E-state index contributed by atoms with van der Waals surface area (Å²) in [4.78, 5) is 3.93. The highest BCUT2D eigenvalue weighted by molar-refractivity contribution is 5.86. The van der Waals surface area contributed by atoms with Crippen LogP contribution in [0.4, 0.5) is 10.3 Å². The summed E-state index contributed by atoms with van der Waals surface area (Å²) in [5.41, 5.74) is 7.88. The number of hydrogen-bond donors (Lipinski definition) is 1. The molecule has 0 saturated heterocycles. The largest absolute Gasteiger partial charge is 0.367 e. The minimum atomic E-state index is -0.368.